The molecule has 4 atom stereocenters. The van der Waals surface area contributed by atoms with E-state index in [-0.39, 0.29) is 24.2 Å². The van der Waals surface area contributed by atoms with Crippen LogP contribution in [0.3, 0.4) is 0 Å². The van der Waals surface area contributed by atoms with Gasteiger partial charge in [-0.2, -0.15) is 0 Å². The lowest BCUT2D eigenvalue weighted by Crippen LogP contribution is -2.49. The molecule has 1 fully saturated rings. The molecule has 0 heterocycles. The third kappa shape index (κ3) is 2.26. The Hall–Kier alpha value is -0.670. The molecular weight excluding hydrogens is 228 g/mol. The van der Waals surface area contributed by atoms with Gasteiger partial charge in [0.25, 0.3) is 0 Å². The van der Waals surface area contributed by atoms with Gasteiger partial charge in [0.15, 0.2) is 5.78 Å². The second kappa shape index (κ2) is 4.78. The summed E-state index contributed by atoms with van der Waals surface area (Å²) in [5.74, 6) is 1.29. The van der Waals surface area contributed by atoms with Crippen molar-refractivity contribution in [2.24, 2.45) is 23.7 Å². The predicted octanol–water partition coefficient (Wildman–Crippen LogP) is 1.93. The zero-order valence-corrected chi connectivity index (χ0v) is 11.5. The number of fused-ring (bicyclic) bond motifs is 1. The quantitative estimate of drug-likeness (QED) is 0.789. The maximum atomic E-state index is 11.9. The summed E-state index contributed by atoms with van der Waals surface area (Å²) in [6.45, 7) is 6.08. The van der Waals surface area contributed by atoms with Crippen LogP contribution in [0.5, 0.6) is 0 Å². The van der Waals surface area contributed by atoms with Crippen LogP contribution in [0.1, 0.15) is 40.0 Å². The third-order valence-corrected chi connectivity index (χ3v) is 4.93. The molecule has 1 saturated carbocycles. The summed E-state index contributed by atoms with van der Waals surface area (Å²) in [6, 6.07) is 0. The average molecular weight is 252 g/mol. The van der Waals surface area contributed by atoms with E-state index in [1.54, 1.807) is 0 Å². The molecule has 3 nitrogen and oxygen atoms in total. The highest BCUT2D eigenvalue weighted by molar-refractivity contribution is 5.96. The van der Waals surface area contributed by atoms with Crippen LogP contribution in [0.2, 0.25) is 0 Å². The predicted molar refractivity (Wildman–Crippen MR) is 70.0 cm³/mol. The second-order valence-corrected chi connectivity index (χ2v) is 6.46. The Kier molecular flexibility index (Phi) is 3.65. The molecule has 0 aromatic carbocycles. The fourth-order valence-corrected chi connectivity index (χ4v) is 3.72. The number of Topliss-reactive ketones (excluding diaryl/α,β-unsaturated/α-hetero) is 1. The molecule has 0 spiro atoms. The van der Waals surface area contributed by atoms with Gasteiger partial charge in [-0.3, -0.25) is 4.79 Å². The third-order valence-electron chi connectivity index (χ3n) is 4.93. The van der Waals surface area contributed by atoms with Gasteiger partial charge in [0.2, 0.25) is 0 Å². The van der Waals surface area contributed by atoms with Crippen LogP contribution in [0.25, 0.3) is 0 Å². The normalized spacial score (nSPS) is 40.7. The van der Waals surface area contributed by atoms with E-state index in [1.165, 1.54) is 0 Å². The second-order valence-electron chi connectivity index (χ2n) is 6.46. The van der Waals surface area contributed by atoms with Crippen molar-refractivity contribution in [2.75, 3.05) is 6.61 Å². The van der Waals surface area contributed by atoms with Crippen molar-refractivity contribution < 1.29 is 15.0 Å². The Labute approximate surface area is 109 Å². The molecule has 0 radical (unpaired) electrons. The molecule has 2 rings (SSSR count). The number of rotatable bonds is 2. The summed E-state index contributed by atoms with van der Waals surface area (Å²) in [4.78, 5) is 11.9. The van der Waals surface area contributed by atoms with Gasteiger partial charge in [-0.15, -0.1) is 0 Å². The number of aliphatic hydroxyl groups is 2. The van der Waals surface area contributed by atoms with Crippen molar-refractivity contribution in [3.8, 4) is 0 Å². The molecule has 2 N–H and O–H groups in total. The van der Waals surface area contributed by atoms with Gasteiger partial charge in [0.1, 0.15) is 0 Å². The van der Waals surface area contributed by atoms with Crippen LogP contribution in [0, 0.1) is 23.7 Å². The maximum Gasteiger partial charge on any atom is 0.161 e. The smallest absolute Gasteiger partial charge is 0.161 e. The summed E-state index contributed by atoms with van der Waals surface area (Å²) in [5.41, 5.74) is -0.206. The van der Waals surface area contributed by atoms with E-state index in [9.17, 15) is 15.0 Å². The average Bonchev–Trinajstić information content (AvgIpc) is 2.29. The van der Waals surface area contributed by atoms with Crippen molar-refractivity contribution in [1.29, 1.82) is 0 Å². The lowest BCUT2D eigenvalue weighted by Gasteiger charge is -2.49. The lowest BCUT2D eigenvalue weighted by molar-refractivity contribution is -0.127. The van der Waals surface area contributed by atoms with E-state index in [1.807, 2.05) is 13.0 Å². The van der Waals surface area contributed by atoms with Crippen LogP contribution in [-0.2, 0) is 4.79 Å². The molecule has 0 bridgehead atoms. The Morgan fingerprint density at radius 3 is 2.72 bits per heavy atom. The lowest BCUT2D eigenvalue weighted by atomic mass is 9.58. The van der Waals surface area contributed by atoms with Crippen LogP contribution in [0.15, 0.2) is 11.6 Å². The van der Waals surface area contributed by atoms with Crippen LogP contribution in [0.4, 0.5) is 0 Å². The van der Waals surface area contributed by atoms with E-state index in [0.29, 0.717) is 23.8 Å². The fraction of sp³-hybridized carbons (Fsp3) is 0.800. The van der Waals surface area contributed by atoms with E-state index in [0.717, 1.165) is 12.8 Å². The van der Waals surface area contributed by atoms with Crippen LogP contribution in [-0.4, -0.2) is 28.2 Å². The van der Waals surface area contributed by atoms with E-state index >= 15 is 0 Å². The van der Waals surface area contributed by atoms with Gasteiger partial charge in [-0.25, -0.2) is 0 Å². The minimum absolute atomic E-state index is 0.00318. The SMILES string of the molecule is CC(C)[C@@H]1CC[C@](C)(O)[C@H]2CC(=O)C(CO)=C[C@@H]12. The molecule has 0 unspecified atom stereocenters. The Morgan fingerprint density at radius 2 is 2.17 bits per heavy atom. The monoisotopic (exact) mass is 252 g/mol. The topological polar surface area (TPSA) is 57.5 Å². The van der Waals surface area contributed by atoms with Gasteiger partial charge in [0, 0.05) is 17.9 Å². The minimum Gasteiger partial charge on any atom is -0.392 e. The molecule has 2 aliphatic carbocycles. The molecule has 2 aliphatic rings. The maximum absolute atomic E-state index is 11.9. The summed E-state index contributed by atoms with van der Waals surface area (Å²) in [7, 11) is 0. The van der Waals surface area contributed by atoms with Crippen molar-refractivity contribution >= 4 is 5.78 Å². The first-order valence-electron chi connectivity index (χ1n) is 6.94. The highest BCUT2D eigenvalue weighted by Gasteiger charge is 2.48. The Morgan fingerprint density at radius 1 is 1.50 bits per heavy atom. The molecule has 0 amide bonds. The van der Waals surface area contributed by atoms with Crippen molar-refractivity contribution in [3.63, 3.8) is 0 Å². The fourth-order valence-electron chi connectivity index (χ4n) is 3.72. The van der Waals surface area contributed by atoms with E-state index in [4.69, 9.17) is 0 Å². The molecule has 18 heavy (non-hydrogen) atoms. The van der Waals surface area contributed by atoms with Gasteiger partial charge in [-0.1, -0.05) is 19.9 Å². The van der Waals surface area contributed by atoms with Crippen molar-refractivity contribution in [1.82, 2.24) is 0 Å². The number of ketones is 1. The number of allylic oxidation sites excluding steroid dienone is 1. The number of hydrogen-bond donors (Lipinski definition) is 2. The van der Waals surface area contributed by atoms with Gasteiger partial charge in [-0.05, 0) is 37.5 Å². The van der Waals surface area contributed by atoms with Gasteiger partial charge in [0.05, 0.1) is 12.2 Å². The zero-order chi connectivity index (χ0) is 13.5. The van der Waals surface area contributed by atoms with E-state index in [2.05, 4.69) is 13.8 Å². The highest BCUT2D eigenvalue weighted by Crippen LogP contribution is 2.48. The van der Waals surface area contributed by atoms with Crippen molar-refractivity contribution in [3.05, 3.63) is 11.6 Å². The minimum atomic E-state index is -0.747. The number of aliphatic hydroxyl groups excluding tert-OH is 1. The molecule has 0 aromatic rings. The summed E-state index contributed by atoms with van der Waals surface area (Å²) in [5, 5.41) is 19.8. The number of hydrogen-bond acceptors (Lipinski definition) is 3. The Balaban J connectivity index is 2.36. The summed E-state index contributed by atoms with van der Waals surface area (Å²) >= 11 is 0. The van der Waals surface area contributed by atoms with Gasteiger partial charge >= 0.3 is 0 Å². The molecule has 3 heteroatoms. The van der Waals surface area contributed by atoms with Crippen LogP contribution >= 0.6 is 0 Å². The molecular formula is C15H24O3. The largest absolute Gasteiger partial charge is 0.392 e. The molecule has 0 aliphatic heterocycles. The van der Waals surface area contributed by atoms with E-state index < -0.39 is 5.60 Å². The number of carbonyl (C=O) groups excluding carboxylic acids is 1. The first-order valence-corrected chi connectivity index (χ1v) is 6.94. The summed E-state index contributed by atoms with van der Waals surface area (Å²) < 4.78 is 0. The van der Waals surface area contributed by atoms with Crippen LogP contribution < -0.4 is 0 Å². The first-order chi connectivity index (χ1) is 8.36. The molecule has 102 valence electrons. The Bertz CT molecular complexity index is 368. The van der Waals surface area contributed by atoms with Gasteiger partial charge < -0.3 is 10.2 Å². The first kappa shape index (κ1) is 13.8. The molecule has 0 aromatic heterocycles. The zero-order valence-electron chi connectivity index (χ0n) is 11.5. The number of carbonyl (C=O) groups is 1. The standard InChI is InChI=1S/C15H24O3/c1-9(2)11-4-5-15(3,18)13-7-14(17)10(8-16)6-12(11)13/h6,9,11-13,16,18H,4-5,7-8H2,1-3H3/t11-,12-,13-,15-/m0/s1. The highest BCUT2D eigenvalue weighted by atomic mass is 16.3. The summed E-state index contributed by atoms with van der Waals surface area (Å²) in [6.07, 6.45) is 4.09. The van der Waals surface area contributed by atoms with Crippen molar-refractivity contribution in [2.45, 2.75) is 45.6 Å². The molecule has 0 saturated heterocycles.